The summed E-state index contributed by atoms with van der Waals surface area (Å²) in [5.41, 5.74) is 3.79. The summed E-state index contributed by atoms with van der Waals surface area (Å²) in [5, 5.41) is 0. The molecule has 158 valence electrons. The van der Waals surface area contributed by atoms with Crippen LogP contribution in [-0.2, 0) is 26.1 Å². The highest BCUT2D eigenvalue weighted by Crippen LogP contribution is 2.17. The SMILES string of the molecule is CCOC(=O)c1cc(C)n(CC(=O)NNS(=O)(=O)c2ccc(OCC)cc2)c1C. The highest BCUT2D eigenvalue weighted by Gasteiger charge is 2.19. The van der Waals surface area contributed by atoms with Crippen LogP contribution in [0.1, 0.15) is 35.6 Å². The molecule has 10 heteroatoms. The zero-order valence-corrected chi connectivity index (χ0v) is 17.6. The van der Waals surface area contributed by atoms with E-state index in [2.05, 4.69) is 10.3 Å². The maximum Gasteiger partial charge on any atom is 0.339 e. The van der Waals surface area contributed by atoms with Gasteiger partial charge < -0.3 is 14.0 Å². The Morgan fingerprint density at radius 2 is 1.72 bits per heavy atom. The third-order valence-electron chi connectivity index (χ3n) is 4.14. The van der Waals surface area contributed by atoms with Gasteiger partial charge in [0.25, 0.3) is 15.9 Å². The largest absolute Gasteiger partial charge is 0.494 e. The van der Waals surface area contributed by atoms with Crippen LogP contribution in [0.2, 0.25) is 0 Å². The molecule has 9 nitrogen and oxygen atoms in total. The third-order valence-corrected chi connectivity index (χ3v) is 5.40. The van der Waals surface area contributed by atoms with E-state index < -0.39 is 21.9 Å². The van der Waals surface area contributed by atoms with Crippen molar-refractivity contribution in [1.29, 1.82) is 0 Å². The summed E-state index contributed by atoms with van der Waals surface area (Å²) in [6.45, 7) is 7.52. The maximum absolute atomic E-state index is 12.3. The molecule has 0 aliphatic carbocycles. The van der Waals surface area contributed by atoms with Crippen LogP contribution in [0.25, 0.3) is 0 Å². The van der Waals surface area contributed by atoms with E-state index in [1.807, 2.05) is 6.92 Å². The number of benzene rings is 1. The molecule has 0 unspecified atom stereocenters. The maximum atomic E-state index is 12.3. The molecule has 0 fully saturated rings. The van der Waals surface area contributed by atoms with Crippen LogP contribution in [-0.4, -0.2) is 38.1 Å². The van der Waals surface area contributed by atoms with E-state index >= 15 is 0 Å². The van der Waals surface area contributed by atoms with E-state index in [9.17, 15) is 18.0 Å². The number of carbonyl (C=O) groups is 2. The number of rotatable bonds is 9. The first-order chi connectivity index (χ1) is 13.7. The molecular weight excluding hydrogens is 398 g/mol. The normalized spacial score (nSPS) is 11.2. The number of hydrazine groups is 1. The van der Waals surface area contributed by atoms with Crippen molar-refractivity contribution in [3.63, 3.8) is 0 Å². The average molecular weight is 423 g/mol. The Morgan fingerprint density at radius 3 is 2.31 bits per heavy atom. The van der Waals surface area contributed by atoms with Crippen molar-refractivity contribution < 1.29 is 27.5 Å². The van der Waals surface area contributed by atoms with Gasteiger partial charge in [-0.05, 0) is 58.0 Å². The fourth-order valence-corrected chi connectivity index (χ4v) is 3.57. The summed E-state index contributed by atoms with van der Waals surface area (Å²) < 4.78 is 36.5. The summed E-state index contributed by atoms with van der Waals surface area (Å²) >= 11 is 0. The molecule has 0 aliphatic rings. The van der Waals surface area contributed by atoms with E-state index in [0.29, 0.717) is 29.3 Å². The molecule has 0 radical (unpaired) electrons. The van der Waals surface area contributed by atoms with E-state index in [0.717, 1.165) is 0 Å². The topological polar surface area (TPSA) is 116 Å². The fourth-order valence-electron chi connectivity index (χ4n) is 2.71. The molecule has 1 aromatic carbocycles. The van der Waals surface area contributed by atoms with E-state index in [4.69, 9.17) is 9.47 Å². The number of nitrogens with zero attached hydrogens (tertiary/aromatic N) is 1. The van der Waals surface area contributed by atoms with Crippen LogP contribution in [0.5, 0.6) is 5.75 Å². The van der Waals surface area contributed by atoms with E-state index in [1.54, 1.807) is 31.4 Å². The Balaban J connectivity index is 2.03. The molecule has 1 amide bonds. The molecule has 0 spiro atoms. The van der Waals surface area contributed by atoms with Gasteiger partial charge in [0.2, 0.25) is 0 Å². The van der Waals surface area contributed by atoms with Crippen LogP contribution < -0.4 is 15.0 Å². The van der Waals surface area contributed by atoms with Crippen LogP contribution in [0, 0.1) is 13.8 Å². The number of carbonyl (C=O) groups excluding carboxylic acids is 2. The first-order valence-electron chi connectivity index (χ1n) is 9.07. The first kappa shape index (κ1) is 22.4. The number of hydrogen-bond donors (Lipinski definition) is 2. The van der Waals surface area contributed by atoms with Gasteiger partial charge in [-0.15, -0.1) is 4.83 Å². The standard InChI is InChI=1S/C19H25N3O6S/c1-5-27-15-7-9-16(10-8-15)29(25,26)21-20-18(23)12-22-13(3)11-17(14(22)4)19(24)28-6-2/h7-11,21H,5-6,12H2,1-4H3,(H,20,23). The molecular formula is C19H25N3O6S. The quantitative estimate of drug-likeness (QED) is 0.468. The molecule has 29 heavy (non-hydrogen) atoms. The number of aromatic nitrogens is 1. The van der Waals surface area contributed by atoms with Crippen LogP contribution >= 0.6 is 0 Å². The van der Waals surface area contributed by atoms with Crippen molar-refractivity contribution >= 4 is 21.9 Å². The van der Waals surface area contributed by atoms with E-state index in [1.165, 1.54) is 24.3 Å². The zero-order valence-electron chi connectivity index (χ0n) is 16.8. The summed E-state index contributed by atoms with van der Waals surface area (Å²) in [7, 11) is -3.94. The molecule has 0 aliphatic heterocycles. The number of amides is 1. The van der Waals surface area contributed by atoms with E-state index in [-0.39, 0.29) is 18.0 Å². The van der Waals surface area contributed by atoms with Gasteiger partial charge in [0, 0.05) is 11.4 Å². The van der Waals surface area contributed by atoms with Gasteiger partial charge in [-0.2, -0.15) is 0 Å². The average Bonchev–Trinajstić information content (AvgIpc) is 2.96. The van der Waals surface area contributed by atoms with Gasteiger partial charge in [0.05, 0.1) is 23.7 Å². The number of ether oxygens (including phenoxy) is 2. The minimum Gasteiger partial charge on any atom is -0.494 e. The van der Waals surface area contributed by atoms with Crippen molar-refractivity contribution in [3.05, 3.63) is 47.3 Å². The third kappa shape index (κ3) is 5.58. The number of hydrogen-bond acceptors (Lipinski definition) is 6. The van der Waals surface area contributed by atoms with Gasteiger partial charge in [0.1, 0.15) is 12.3 Å². The highest BCUT2D eigenvalue weighted by atomic mass is 32.2. The van der Waals surface area contributed by atoms with Crippen LogP contribution in [0.4, 0.5) is 0 Å². The lowest BCUT2D eigenvalue weighted by Crippen LogP contribution is -2.43. The minimum absolute atomic E-state index is 0.0147. The molecule has 2 aromatic rings. The van der Waals surface area contributed by atoms with Gasteiger partial charge in [-0.3, -0.25) is 10.2 Å². The second-order valence-electron chi connectivity index (χ2n) is 6.15. The lowest BCUT2D eigenvalue weighted by atomic mass is 10.2. The molecule has 1 heterocycles. The van der Waals surface area contributed by atoms with Crippen molar-refractivity contribution in [2.75, 3.05) is 13.2 Å². The minimum atomic E-state index is -3.94. The summed E-state index contributed by atoms with van der Waals surface area (Å²) in [6.07, 6.45) is 0. The van der Waals surface area contributed by atoms with Gasteiger partial charge >= 0.3 is 5.97 Å². The Kier molecular flexibility index (Phi) is 7.40. The molecule has 1 aromatic heterocycles. The molecule has 0 saturated carbocycles. The number of esters is 1. The van der Waals surface area contributed by atoms with Crippen molar-refractivity contribution in [2.45, 2.75) is 39.1 Å². The highest BCUT2D eigenvalue weighted by molar-refractivity contribution is 7.89. The lowest BCUT2D eigenvalue weighted by Gasteiger charge is -2.12. The fraction of sp³-hybridized carbons (Fsp3) is 0.368. The number of aryl methyl sites for hydroxylation is 1. The summed E-state index contributed by atoms with van der Waals surface area (Å²) in [6, 6.07) is 7.45. The molecule has 0 saturated heterocycles. The Bertz CT molecular complexity index is 980. The number of sulfonamides is 1. The van der Waals surface area contributed by atoms with Gasteiger partial charge in [0.15, 0.2) is 0 Å². The zero-order chi connectivity index (χ0) is 21.6. The smallest absolute Gasteiger partial charge is 0.339 e. The van der Waals surface area contributed by atoms with Gasteiger partial charge in [-0.25, -0.2) is 13.2 Å². The molecule has 2 N–H and O–H groups in total. The molecule has 2 rings (SSSR count). The molecule has 0 atom stereocenters. The lowest BCUT2D eigenvalue weighted by molar-refractivity contribution is -0.122. The molecule has 0 bridgehead atoms. The van der Waals surface area contributed by atoms with Crippen molar-refractivity contribution in [3.8, 4) is 5.75 Å². The Hall–Kier alpha value is -2.85. The van der Waals surface area contributed by atoms with Crippen LogP contribution in [0.3, 0.4) is 0 Å². The predicted octanol–water partition coefficient (Wildman–Crippen LogP) is 1.69. The van der Waals surface area contributed by atoms with Gasteiger partial charge in [-0.1, -0.05) is 0 Å². The first-order valence-corrected chi connectivity index (χ1v) is 10.5. The van der Waals surface area contributed by atoms with Crippen molar-refractivity contribution in [2.24, 2.45) is 0 Å². The second-order valence-corrected chi connectivity index (χ2v) is 7.83. The van der Waals surface area contributed by atoms with Crippen molar-refractivity contribution in [1.82, 2.24) is 14.8 Å². The predicted molar refractivity (Wildman–Crippen MR) is 106 cm³/mol. The second kappa shape index (κ2) is 9.57. The van der Waals surface area contributed by atoms with Crippen LogP contribution in [0.15, 0.2) is 35.2 Å². The Morgan fingerprint density at radius 1 is 1.07 bits per heavy atom. The Labute approximate surface area is 170 Å². The number of nitrogens with one attached hydrogen (secondary N) is 2. The summed E-state index contributed by atoms with van der Waals surface area (Å²) in [4.78, 5) is 26.3. The summed E-state index contributed by atoms with van der Waals surface area (Å²) in [5.74, 6) is -0.508. The monoisotopic (exact) mass is 423 g/mol.